The molecule has 1 aromatic heterocycles. The van der Waals surface area contributed by atoms with Gasteiger partial charge in [0.2, 0.25) is 6.71 Å². The first-order chi connectivity index (χ1) is 21.8. The Hall–Kier alpha value is -4.67. The number of benzene rings is 5. The molecule has 0 amide bonds. The van der Waals surface area contributed by atoms with Crippen LogP contribution in [0.4, 0.5) is 0 Å². The van der Waals surface area contributed by atoms with Crippen molar-refractivity contribution in [3.63, 3.8) is 0 Å². The fourth-order valence-electron chi connectivity index (χ4n) is 5.93. The number of aromatic nitrogens is 2. The van der Waals surface area contributed by atoms with Gasteiger partial charge in [-0.1, -0.05) is 194 Å². The zero-order chi connectivity index (χ0) is 30.3. The molecule has 6 aromatic rings. The maximum absolute atomic E-state index is 4.36. The van der Waals surface area contributed by atoms with Gasteiger partial charge in [0.05, 0.1) is 21.0 Å². The van der Waals surface area contributed by atoms with Gasteiger partial charge >= 0.3 is 0 Å². The normalized spacial score (nSPS) is 11.4. The van der Waals surface area contributed by atoms with E-state index in [0.29, 0.717) is 6.71 Å². The monoisotopic (exact) mass is 588 g/mol. The van der Waals surface area contributed by atoms with Crippen LogP contribution in [0.2, 0.25) is 0 Å². The van der Waals surface area contributed by atoms with Crippen molar-refractivity contribution in [3.05, 3.63) is 193 Å². The smallest absolute Gasteiger partial charge is 0.241 e. The second kappa shape index (κ2) is 16.3. The van der Waals surface area contributed by atoms with Crippen molar-refractivity contribution < 1.29 is 0 Å². The maximum Gasteiger partial charge on any atom is 0.241 e. The Labute approximate surface area is 266 Å². The molecule has 0 saturated carbocycles. The van der Waals surface area contributed by atoms with Gasteiger partial charge in [0, 0.05) is 12.4 Å². The quantitative estimate of drug-likeness (QED) is 0.122. The Balaban J connectivity index is 0.000000181. The molecule has 0 unspecified atom stereocenters. The van der Waals surface area contributed by atoms with Crippen LogP contribution in [0, 0.1) is 0 Å². The lowest BCUT2D eigenvalue weighted by atomic mass is 9.37. The number of nitrogens with zero attached hydrogens (tertiary/aromatic N) is 2. The Morgan fingerprint density at radius 2 is 1.07 bits per heavy atom. The van der Waals surface area contributed by atoms with Gasteiger partial charge in [0.25, 0.3) is 0 Å². The Morgan fingerprint density at radius 3 is 1.45 bits per heavy atom. The van der Waals surface area contributed by atoms with Crippen molar-refractivity contribution >= 4 is 32.6 Å². The zero-order valence-corrected chi connectivity index (χ0v) is 27.0. The standard InChI is InChI=1S/C22H26N2Si.C18H15B/c1-2-3-4-11-18-25-22(24-17-16-23-19-24,20-12-7-5-8-13-20)21-14-9-6-10-15-21;1-4-10-16(11-5-1)19(17-12-6-2-7-13-17)18-14-8-3-9-15-18/h5-19H,2-4,25H2,1H3;1-15H. The highest BCUT2D eigenvalue weighted by molar-refractivity contribution is 6.95. The van der Waals surface area contributed by atoms with Crippen LogP contribution in [0.25, 0.3) is 0 Å². The van der Waals surface area contributed by atoms with Crippen LogP contribution in [0.3, 0.4) is 0 Å². The Morgan fingerprint density at radius 1 is 0.636 bits per heavy atom. The molecule has 0 N–H and O–H groups in total. The van der Waals surface area contributed by atoms with Gasteiger partial charge in [-0.25, -0.2) is 4.98 Å². The van der Waals surface area contributed by atoms with E-state index in [1.54, 1.807) is 0 Å². The van der Waals surface area contributed by atoms with Gasteiger partial charge in [0.1, 0.15) is 0 Å². The summed E-state index contributed by atoms with van der Waals surface area (Å²) >= 11 is 0. The summed E-state index contributed by atoms with van der Waals surface area (Å²) in [6.45, 7) is 2.55. The van der Waals surface area contributed by atoms with Gasteiger partial charge in [-0.3, -0.25) is 0 Å². The van der Waals surface area contributed by atoms with Gasteiger partial charge in [-0.05, 0) is 17.5 Å². The molecular formula is C40H41BN2Si. The molecule has 0 aliphatic heterocycles. The van der Waals surface area contributed by atoms with Crippen molar-refractivity contribution in [3.8, 4) is 0 Å². The van der Waals surface area contributed by atoms with E-state index >= 15 is 0 Å². The molecule has 0 spiro atoms. The van der Waals surface area contributed by atoms with Crippen molar-refractivity contribution in [1.82, 2.24) is 9.55 Å². The van der Waals surface area contributed by atoms with Crippen LogP contribution in [0.15, 0.2) is 182 Å². The SMILES string of the molecule is CCCCC=C[SiH2]C(c1ccccc1)(c1ccccc1)n1ccnc1.c1ccc(B(c2ccccc2)c2ccccc2)cc1. The molecule has 2 nitrogen and oxygen atoms in total. The minimum atomic E-state index is -0.633. The average molecular weight is 589 g/mol. The highest BCUT2D eigenvalue weighted by Gasteiger charge is 2.34. The highest BCUT2D eigenvalue weighted by atomic mass is 28.2. The summed E-state index contributed by atoms with van der Waals surface area (Å²) in [5.74, 6) is 0. The number of hydrogen-bond acceptors (Lipinski definition) is 1. The van der Waals surface area contributed by atoms with E-state index in [2.05, 4.69) is 186 Å². The molecule has 0 fully saturated rings. The molecule has 6 rings (SSSR count). The lowest BCUT2D eigenvalue weighted by Crippen LogP contribution is -2.51. The second-order valence-electron chi connectivity index (χ2n) is 11.0. The zero-order valence-electron chi connectivity index (χ0n) is 25.6. The lowest BCUT2D eigenvalue weighted by Gasteiger charge is -2.36. The fourth-order valence-corrected chi connectivity index (χ4v) is 8.01. The Kier molecular flexibility index (Phi) is 11.4. The fraction of sp³-hybridized carbons (Fsp3) is 0.125. The van der Waals surface area contributed by atoms with E-state index in [-0.39, 0.29) is 5.16 Å². The molecule has 0 atom stereocenters. The average Bonchev–Trinajstić information content (AvgIpc) is 3.65. The van der Waals surface area contributed by atoms with E-state index in [1.807, 2.05) is 12.5 Å². The van der Waals surface area contributed by atoms with Crippen LogP contribution in [-0.4, -0.2) is 25.8 Å². The minimum absolute atomic E-state index is 0.137. The van der Waals surface area contributed by atoms with Crippen LogP contribution in [0.1, 0.15) is 37.3 Å². The molecule has 1 heterocycles. The van der Waals surface area contributed by atoms with Crippen LogP contribution < -0.4 is 16.4 Å². The van der Waals surface area contributed by atoms with Gasteiger partial charge < -0.3 is 4.57 Å². The second-order valence-corrected chi connectivity index (χ2v) is 12.9. The molecule has 4 heteroatoms. The van der Waals surface area contributed by atoms with Gasteiger partial charge in [0.15, 0.2) is 0 Å². The maximum atomic E-state index is 4.36. The van der Waals surface area contributed by atoms with Crippen molar-refractivity contribution in [2.24, 2.45) is 0 Å². The predicted molar refractivity (Wildman–Crippen MR) is 192 cm³/mol. The summed E-state index contributed by atoms with van der Waals surface area (Å²) in [7, 11) is -0.633. The number of imidazole rings is 1. The summed E-state index contributed by atoms with van der Waals surface area (Å²) in [4.78, 5) is 4.36. The third-order valence-electron chi connectivity index (χ3n) is 8.15. The van der Waals surface area contributed by atoms with Gasteiger partial charge in [-0.2, -0.15) is 0 Å². The van der Waals surface area contributed by atoms with E-state index in [9.17, 15) is 0 Å². The lowest BCUT2D eigenvalue weighted by molar-refractivity contribution is 0.596. The summed E-state index contributed by atoms with van der Waals surface area (Å²) in [6, 6.07) is 53.8. The molecule has 218 valence electrons. The van der Waals surface area contributed by atoms with Crippen LogP contribution in [0.5, 0.6) is 0 Å². The number of allylic oxidation sites excluding steroid dienone is 1. The largest absolute Gasteiger partial charge is 0.326 e. The van der Waals surface area contributed by atoms with E-state index in [0.717, 1.165) is 0 Å². The molecule has 0 aliphatic rings. The van der Waals surface area contributed by atoms with Crippen LogP contribution in [-0.2, 0) is 5.16 Å². The molecular weight excluding hydrogens is 547 g/mol. The van der Waals surface area contributed by atoms with E-state index in [1.165, 1.54) is 46.8 Å². The van der Waals surface area contributed by atoms with E-state index in [4.69, 9.17) is 0 Å². The molecule has 5 aromatic carbocycles. The molecule has 44 heavy (non-hydrogen) atoms. The first-order valence-electron chi connectivity index (χ1n) is 15.7. The molecule has 0 aliphatic carbocycles. The molecule has 0 saturated heterocycles. The van der Waals surface area contributed by atoms with Crippen molar-refractivity contribution in [1.29, 1.82) is 0 Å². The van der Waals surface area contributed by atoms with E-state index < -0.39 is 9.52 Å². The first-order valence-corrected chi connectivity index (χ1v) is 17.2. The minimum Gasteiger partial charge on any atom is -0.326 e. The number of unbranched alkanes of at least 4 members (excludes halogenated alkanes) is 2. The number of hydrogen-bond donors (Lipinski definition) is 0. The highest BCUT2D eigenvalue weighted by Crippen LogP contribution is 2.33. The molecule has 0 radical (unpaired) electrons. The third-order valence-corrected chi connectivity index (χ3v) is 10.5. The topological polar surface area (TPSA) is 17.8 Å². The predicted octanol–water partition coefficient (Wildman–Crippen LogP) is 6.71. The summed E-state index contributed by atoms with van der Waals surface area (Å²) < 4.78 is 2.30. The first kappa shape index (κ1) is 30.8. The van der Waals surface area contributed by atoms with Crippen molar-refractivity contribution in [2.45, 2.75) is 31.3 Å². The number of rotatable bonds is 11. The van der Waals surface area contributed by atoms with Crippen molar-refractivity contribution in [2.75, 3.05) is 0 Å². The summed E-state index contributed by atoms with van der Waals surface area (Å²) in [5, 5.41) is -0.137. The third kappa shape index (κ3) is 7.64. The summed E-state index contributed by atoms with van der Waals surface area (Å²) in [6.07, 6.45) is 12.0. The Bertz CT molecular complexity index is 1510. The van der Waals surface area contributed by atoms with Crippen LogP contribution >= 0.6 is 0 Å². The summed E-state index contributed by atoms with van der Waals surface area (Å²) in [5.41, 5.74) is 9.15. The van der Waals surface area contributed by atoms with Gasteiger partial charge in [-0.15, -0.1) is 5.70 Å². The molecule has 0 bridgehead atoms.